The molecule has 0 saturated carbocycles. The number of hydrogen-bond acceptors (Lipinski definition) is 4. The maximum atomic E-state index is 11.3. The Morgan fingerprint density at radius 1 is 1.25 bits per heavy atom. The standard InChI is InChI=1S/C12H20N2OS/c1-4-13(2)7-5-6-8-14(3)10-9-11(16)12(10)15/h9H,4-8H2,1-3H3. The summed E-state index contributed by atoms with van der Waals surface area (Å²) in [7, 11) is 4.08. The van der Waals surface area contributed by atoms with Gasteiger partial charge in [0.15, 0.2) is 0 Å². The minimum absolute atomic E-state index is 0.0307. The Morgan fingerprint density at radius 2 is 1.88 bits per heavy atom. The fourth-order valence-corrected chi connectivity index (χ4v) is 1.81. The lowest BCUT2D eigenvalue weighted by Crippen LogP contribution is -2.28. The van der Waals surface area contributed by atoms with Crippen molar-refractivity contribution >= 4 is 17.9 Å². The van der Waals surface area contributed by atoms with Gasteiger partial charge in [0.25, 0.3) is 0 Å². The fraction of sp³-hybridized carbons (Fsp3) is 0.667. The molecule has 0 amide bonds. The first-order valence-electron chi connectivity index (χ1n) is 5.76. The quantitative estimate of drug-likeness (QED) is 0.536. The van der Waals surface area contributed by atoms with E-state index in [0.29, 0.717) is 4.51 Å². The second-order valence-corrected chi connectivity index (χ2v) is 4.69. The molecule has 0 unspecified atom stereocenters. The van der Waals surface area contributed by atoms with Crippen molar-refractivity contribution in [3.8, 4) is 0 Å². The molecule has 1 aromatic carbocycles. The molecule has 1 rings (SSSR count). The Labute approximate surface area is 102 Å². The van der Waals surface area contributed by atoms with Crippen LogP contribution < -0.4 is 10.3 Å². The molecule has 0 heterocycles. The first kappa shape index (κ1) is 13.3. The zero-order chi connectivity index (χ0) is 12.1. The zero-order valence-electron chi connectivity index (χ0n) is 10.3. The molecular weight excluding hydrogens is 220 g/mol. The largest absolute Gasteiger partial charge is 0.371 e. The van der Waals surface area contributed by atoms with Crippen LogP contribution in [0.15, 0.2) is 10.9 Å². The van der Waals surface area contributed by atoms with Gasteiger partial charge in [-0.1, -0.05) is 19.1 Å². The average Bonchev–Trinajstić information content (AvgIpc) is 2.30. The van der Waals surface area contributed by atoms with Crippen LogP contribution in [0.5, 0.6) is 0 Å². The molecule has 0 saturated heterocycles. The summed E-state index contributed by atoms with van der Waals surface area (Å²) in [5.41, 5.74) is 0.803. The van der Waals surface area contributed by atoms with Gasteiger partial charge in [0.05, 0.1) is 10.2 Å². The smallest absolute Gasteiger partial charge is 0.219 e. The van der Waals surface area contributed by atoms with Gasteiger partial charge in [0.2, 0.25) is 5.43 Å². The first-order valence-corrected chi connectivity index (χ1v) is 6.17. The van der Waals surface area contributed by atoms with Crippen molar-refractivity contribution in [3.63, 3.8) is 0 Å². The fourth-order valence-electron chi connectivity index (χ4n) is 1.60. The van der Waals surface area contributed by atoms with Crippen LogP contribution in [0.1, 0.15) is 19.8 Å². The second kappa shape index (κ2) is 6.11. The Morgan fingerprint density at radius 3 is 2.38 bits per heavy atom. The lowest BCUT2D eigenvalue weighted by Gasteiger charge is -2.20. The van der Waals surface area contributed by atoms with Gasteiger partial charge in [-0.2, -0.15) is 0 Å². The first-order chi connectivity index (χ1) is 7.56. The highest BCUT2D eigenvalue weighted by molar-refractivity contribution is 7.71. The van der Waals surface area contributed by atoms with Crippen molar-refractivity contribution in [1.82, 2.24) is 4.90 Å². The van der Waals surface area contributed by atoms with Gasteiger partial charge in [-0.15, -0.1) is 0 Å². The van der Waals surface area contributed by atoms with Crippen molar-refractivity contribution in [2.75, 3.05) is 38.6 Å². The Balaban J connectivity index is 2.22. The van der Waals surface area contributed by atoms with Gasteiger partial charge in [-0.3, -0.25) is 4.79 Å². The average molecular weight is 240 g/mol. The summed E-state index contributed by atoms with van der Waals surface area (Å²) in [4.78, 5) is 15.6. The van der Waals surface area contributed by atoms with E-state index in [2.05, 4.69) is 18.9 Å². The number of hydrogen-bond donors (Lipinski definition) is 0. The van der Waals surface area contributed by atoms with Crippen molar-refractivity contribution in [2.45, 2.75) is 19.8 Å². The summed E-state index contributed by atoms with van der Waals surface area (Å²) in [6, 6.07) is 1.79. The summed E-state index contributed by atoms with van der Waals surface area (Å²) in [6.45, 7) is 5.30. The summed E-state index contributed by atoms with van der Waals surface area (Å²) in [5.74, 6) is 0. The third kappa shape index (κ3) is 3.39. The van der Waals surface area contributed by atoms with E-state index in [1.807, 2.05) is 11.9 Å². The van der Waals surface area contributed by atoms with Crippen LogP contribution in [0.3, 0.4) is 0 Å². The normalized spacial score (nSPS) is 11.2. The molecule has 0 atom stereocenters. The SMILES string of the molecule is CCN(C)CCCCN(C)c1cc(=S)c1=O. The number of rotatable bonds is 7. The molecule has 0 bridgehead atoms. The van der Waals surface area contributed by atoms with Crippen LogP contribution in [0.4, 0.5) is 5.69 Å². The van der Waals surface area contributed by atoms with Crippen molar-refractivity contribution in [2.24, 2.45) is 0 Å². The van der Waals surface area contributed by atoms with Gasteiger partial charge >= 0.3 is 0 Å². The van der Waals surface area contributed by atoms with Gasteiger partial charge in [0.1, 0.15) is 0 Å². The molecule has 0 N–H and O–H groups in total. The molecule has 0 aliphatic carbocycles. The highest BCUT2D eigenvalue weighted by Gasteiger charge is 2.10. The van der Waals surface area contributed by atoms with Crippen molar-refractivity contribution in [3.05, 3.63) is 20.8 Å². The maximum Gasteiger partial charge on any atom is 0.219 e. The minimum atomic E-state index is 0.0307. The Hall–Kier alpha value is -0.740. The third-order valence-electron chi connectivity index (χ3n) is 2.96. The predicted molar refractivity (Wildman–Crippen MR) is 71.6 cm³/mol. The molecule has 0 aliphatic heterocycles. The Bertz CT molecular complexity index is 395. The highest BCUT2D eigenvalue weighted by Crippen LogP contribution is 2.10. The molecule has 0 fully saturated rings. The summed E-state index contributed by atoms with van der Waals surface area (Å²) >= 11 is 4.83. The van der Waals surface area contributed by atoms with Crippen LogP contribution in [0, 0.1) is 4.51 Å². The number of unbranched alkanes of at least 4 members (excludes halogenated alkanes) is 1. The molecule has 1 aromatic rings. The van der Waals surface area contributed by atoms with Gasteiger partial charge in [-0.05, 0) is 39.0 Å². The lowest BCUT2D eigenvalue weighted by molar-refractivity contribution is 0.344. The summed E-state index contributed by atoms with van der Waals surface area (Å²) in [6.07, 6.45) is 2.28. The summed E-state index contributed by atoms with van der Waals surface area (Å²) < 4.78 is 0.465. The molecule has 0 radical (unpaired) electrons. The molecule has 4 heteroatoms. The zero-order valence-corrected chi connectivity index (χ0v) is 11.1. The predicted octanol–water partition coefficient (Wildman–Crippen LogP) is 1.82. The molecule has 0 aromatic heterocycles. The van der Waals surface area contributed by atoms with Gasteiger partial charge in [0, 0.05) is 13.6 Å². The van der Waals surface area contributed by atoms with E-state index >= 15 is 0 Å². The highest BCUT2D eigenvalue weighted by atomic mass is 32.1. The molecular formula is C12H20N2OS. The molecule has 90 valence electrons. The van der Waals surface area contributed by atoms with Crippen LogP contribution in [-0.2, 0) is 0 Å². The van der Waals surface area contributed by atoms with Crippen LogP contribution in [-0.4, -0.2) is 38.6 Å². The van der Waals surface area contributed by atoms with Crippen molar-refractivity contribution in [1.29, 1.82) is 0 Å². The van der Waals surface area contributed by atoms with Crippen LogP contribution in [0.25, 0.3) is 0 Å². The molecule has 0 spiro atoms. The molecule has 16 heavy (non-hydrogen) atoms. The number of nitrogens with zero attached hydrogens (tertiary/aromatic N) is 2. The molecule has 0 aliphatic rings. The molecule has 3 nitrogen and oxygen atoms in total. The van der Waals surface area contributed by atoms with Crippen LogP contribution >= 0.6 is 12.2 Å². The van der Waals surface area contributed by atoms with Crippen LogP contribution in [0.2, 0.25) is 0 Å². The van der Waals surface area contributed by atoms with E-state index in [1.54, 1.807) is 6.07 Å². The maximum absolute atomic E-state index is 11.3. The van der Waals surface area contributed by atoms with Gasteiger partial charge in [-0.25, -0.2) is 0 Å². The topological polar surface area (TPSA) is 23.6 Å². The van der Waals surface area contributed by atoms with E-state index < -0.39 is 0 Å². The van der Waals surface area contributed by atoms with E-state index in [-0.39, 0.29) is 5.43 Å². The lowest BCUT2D eigenvalue weighted by atomic mass is 10.2. The monoisotopic (exact) mass is 240 g/mol. The van der Waals surface area contributed by atoms with E-state index in [9.17, 15) is 4.79 Å². The second-order valence-electron chi connectivity index (χ2n) is 4.25. The number of anilines is 1. The van der Waals surface area contributed by atoms with E-state index in [0.717, 1.165) is 31.7 Å². The Kier molecular flexibility index (Phi) is 5.09. The van der Waals surface area contributed by atoms with E-state index in [4.69, 9.17) is 12.2 Å². The van der Waals surface area contributed by atoms with Crippen molar-refractivity contribution < 1.29 is 0 Å². The minimum Gasteiger partial charge on any atom is -0.371 e. The third-order valence-corrected chi connectivity index (χ3v) is 3.26. The van der Waals surface area contributed by atoms with E-state index in [1.165, 1.54) is 6.42 Å². The summed E-state index contributed by atoms with van der Waals surface area (Å²) in [5, 5.41) is 0. The van der Waals surface area contributed by atoms with Gasteiger partial charge < -0.3 is 9.80 Å².